The first-order valence-corrected chi connectivity index (χ1v) is 6.66. The van der Waals surface area contributed by atoms with Crippen molar-refractivity contribution in [2.45, 2.75) is 13.3 Å². The fourth-order valence-electron chi connectivity index (χ4n) is 2.50. The summed E-state index contributed by atoms with van der Waals surface area (Å²) >= 11 is 0. The summed E-state index contributed by atoms with van der Waals surface area (Å²) < 4.78 is 10.6. The predicted octanol–water partition coefficient (Wildman–Crippen LogP) is 0.904. The maximum absolute atomic E-state index is 12.1. The first-order chi connectivity index (χ1) is 9.69. The lowest BCUT2D eigenvalue weighted by Gasteiger charge is -2.17. The molecule has 20 heavy (non-hydrogen) atoms. The number of carbonyl (C=O) groups is 2. The second-order valence-electron chi connectivity index (χ2n) is 4.84. The van der Waals surface area contributed by atoms with E-state index >= 15 is 0 Å². The molecular weight excluding hydrogens is 260 g/mol. The van der Waals surface area contributed by atoms with Crippen LogP contribution < -0.4 is 19.7 Å². The number of hydrogen-bond acceptors (Lipinski definition) is 4. The van der Waals surface area contributed by atoms with Crippen molar-refractivity contribution in [3.05, 3.63) is 18.2 Å². The molecule has 2 aliphatic heterocycles. The van der Waals surface area contributed by atoms with Crippen molar-refractivity contribution in [1.82, 2.24) is 5.32 Å². The summed E-state index contributed by atoms with van der Waals surface area (Å²) in [5, 5.41) is 2.76. The lowest BCUT2D eigenvalue weighted by atomic mass is 10.1. The van der Waals surface area contributed by atoms with Crippen LogP contribution in [0.1, 0.15) is 13.3 Å². The predicted molar refractivity (Wildman–Crippen MR) is 71.7 cm³/mol. The van der Waals surface area contributed by atoms with Crippen molar-refractivity contribution < 1.29 is 19.1 Å². The van der Waals surface area contributed by atoms with Gasteiger partial charge in [-0.05, 0) is 19.1 Å². The van der Waals surface area contributed by atoms with Crippen LogP contribution in [-0.4, -0.2) is 31.7 Å². The molecule has 0 unspecified atom stereocenters. The molecule has 0 aliphatic carbocycles. The Morgan fingerprint density at radius 2 is 2.20 bits per heavy atom. The van der Waals surface area contributed by atoms with Gasteiger partial charge in [-0.2, -0.15) is 0 Å². The Balaban J connectivity index is 1.77. The fraction of sp³-hybridized carbons (Fsp3) is 0.429. The number of nitrogens with one attached hydrogen (secondary N) is 1. The van der Waals surface area contributed by atoms with Crippen LogP contribution in [0.3, 0.4) is 0 Å². The molecule has 1 atom stereocenters. The van der Waals surface area contributed by atoms with Gasteiger partial charge in [-0.3, -0.25) is 9.59 Å². The minimum absolute atomic E-state index is 0.0416. The minimum atomic E-state index is -0.284. The van der Waals surface area contributed by atoms with E-state index in [-0.39, 0.29) is 30.9 Å². The highest BCUT2D eigenvalue weighted by atomic mass is 16.7. The number of amides is 2. The van der Waals surface area contributed by atoms with Crippen molar-refractivity contribution in [2.24, 2.45) is 5.92 Å². The standard InChI is InChI=1S/C14H16N2O4/c1-2-15-14(18)9-5-13(17)16(7-9)10-3-4-11-12(6-10)20-8-19-11/h3-4,6,9H,2,5,7-8H2,1H3,(H,15,18)/t9-/m1/s1. The Hall–Kier alpha value is -2.24. The second kappa shape index (κ2) is 5.03. The summed E-state index contributed by atoms with van der Waals surface area (Å²) in [6.07, 6.45) is 0.250. The maximum atomic E-state index is 12.1. The first kappa shape index (κ1) is 12.8. The molecule has 2 aliphatic rings. The number of carbonyl (C=O) groups excluding carboxylic acids is 2. The second-order valence-corrected chi connectivity index (χ2v) is 4.84. The maximum Gasteiger partial charge on any atom is 0.231 e. The van der Waals surface area contributed by atoms with Crippen LogP contribution >= 0.6 is 0 Å². The van der Waals surface area contributed by atoms with E-state index in [1.165, 1.54) is 0 Å². The summed E-state index contributed by atoms with van der Waals surface area (Å²) in [6.45, 7) is 3.05. The molecular formula is C14H16N2O4. The van der Waals surface area contributed by atoms with E-state index in [1.807, 2.05) is 13.0 Å². The van der Waals surface area contributed by atoms with E-state index in [2.05, 4.69) is 5.32 Å². The quantitative estimate of drug-likeness (QED) is 0.891. The van der Waals surface area contributed by atoms with Crippen molar-refractivity contribution in [3.8, 4) is 11.5 Å². The van der Waals surface area contributed by atoms with Crippen LogP contribution in [-0.2, 0) is 9.59 Å². The van der Waals surface area contributed by atoms with E-state index < -0.39 is 0 Å². The van der Waals surface area contributed by atoms with Crippen LogP contribution in [0.25, 0.3) is 0 Å². The highest BCUT2D eigenvalue weighted by Gasteiger charge is 2.35. The minimum Gasteiger partial charge on any atom is -0.454 e. The lowest BCUT2D eigenvalue weighted by Crippen LogP contribution is -2.32. The smallest absolute Gasteiger partial charge is 0.231 e. The van der Waals surface area contributed by atoms with Crippen LogP contribution in [0.2, 0.25) is 0 Å². The Bertz CT molecular complexity index is 558. The molecule has 106 valence electrons. The summed E-state index contributed by atoms with van der Waals surface area (Å²) in [5.74, 6) is 0.925. The molecule has 3 rings (SSSR count). The zero-order chi connectivity index (χ0) is 14.1. The van der Waals surface area contributed by atoms with Gasteiger partial charge in [-0.15, -0.1) is 0 Å². The molecule has 6 heteroatoms. The van der Waals surface area contributed by atoms with Crippen molar-refractivity contribution >= 4 is 17.5 Å². The molecule has 0 saturated carbocycles. The number of ether oxygens (including phenoxy) is 2. The van der Waals surface area contributed by atoms with E-state index in [1.54, 1.807) is 17.0 Å². The molecule has 1 aromatic rings. The van der Waals surface area contributed by atoms with Gasteiger partial charge in [0.1, 0.15) is 0 Å². The summed E-state index contributed by atoms with van der Waals surface area (Å²) in [6, 6.07) is 5.37. The number of rotatable bonds is 3. The number of hydrogen-bond donors (Lipinski definition) is 1. The lowest BCUT2D eigenvalue weighted by molar-refractivity contribution is -0.126. The number of anilines is 1. The van der Waals surface area contributed by atoms with Gasteiger partial charge in [-0.1, -0.05) is 0 Å². The number of benzene rings is 1. The zero-order valence-corrected chi connectivity index (χ0v) is 11.2. The van der Waals surface area contributed by atoms with Crippen molar-refractivity contribution in [2.75, 3.05) is 24.8 Å². The van der Waals surface area contributed by atoms with Gasteiger partial charge in [0.05, 0.1) is 5.92 Å². The fourth-order valence-corrected chi connectivity index (χ4v) is 2.50. The van der Waals surface area contributed by atoms with Gasteiger partial charge in [-0.25, -0.2) is 0 Å². The molecule has 0 radical (unpaired) electrons. The molecule has 0 bridgehead atoms. The molecule has 0 aromatic heterocycles. The third kappa shape index (κ3) is 2.17. The topological polar surface area (TPSA) is 67.9 Å². The Kier molecular flexibility index (Phi) is 3.22. The third-order valence-electron chi connectivity index (χ3n) is 3.51. The van der Waals surface area contributed by atoms with Gasteiger partial charge in [0.2, 0.25) is 18.6 Å². The SMILES string of the molecule is CCNC(=O)[C@@H]1CC(=O)N(c2ccc3c(c2)OCO3)C1. The van der Waals surface area contributed by atoms with Gasteiger partial charge in [0.25, 0.3) is 0 Å². The van der Waals surface area contributed by atoms with Gasteiger partial charge in [0.15, 0.2) is 11.5 Å². The highest BCUT2D eigenvalue weighted by molar-refractivity contribution is 6.00. The van der Waals surface area contributed by atoms with Crippen molar-refractivity contribution in [1.29, 1.82) is 0 Å². The molecule has 1 saturated heterocycles. The Morgan fingerprint density at radius 3 is 3.00 bits per heavy atom. The molecule has 6 nitrogen and oxygen atoms in total. The average Bonchev–Trinajstić information content (AvgIpc) is 3.04. The van der Waals surface area contributed by atoms with E-state index in [4.69, 9.17) is 9.47 Å². The monoisotopic (exact) mass is 276 g/mol. The third-order valence-corrected chi connectivity index (χ3v) is 3.51. The molecule has 2 amide bonds. The zero-order valence-electron chi connectivity index (χ0n) is 11.2. The van der Waals surface area contributed by atoms with Crippen LogP contribution in [0.4, 0.5) is 5.69 Å². The van der Waals surface area contributed by atoms with Gasteiger partial charge < -0.3 is 19.7 Å². The largest absolute Gasteiger partial charge is 0.454 e. The van der Waals surface area contributed by atoms with Crippen LogP contribution in [0.5, 0.6) is 11.5 Å². The van der Waals surface area contributed by atoms with Gasteiger partial charge >= 0.3 is 0 Å². The highest BCUT2D eigenvalue weighted by Crippen LogP contribution is 2.37. The molecule has 2 heterocycles. The Labute approximate surface area is 116 Å². The summed E-state index contributed by atoms with van der Waals surface area (Å²) in [5.41, 5.74) is 0.742. The molecule has 1 fully saturated rings. The van der Waals surface area contributed by atoms with Crippen molar-refractivity contribution in [3.63, 3.8) is 0 Å². The number of nitrogens with zero attached hydrogens (tertiary/aromatic N) is 1. The first-order valence-electron chi connectivity index (χ1n) is 6.66. The van der Waals surface area contributed by atoms with Gasteiger partial charge in [0, 0.05) is 31.3 Å². The molecule has 1 N–H and O–H groups in total. The summed E-state index contributed by atoms with van der Waals surface area (Å²) in [4.78, 5) is 25.5. The average molecular weight is 276 g/mol. The summed E-state index contributed by atoms with van der Waals surface area (Å²) in [7, 11) is 0. The van der Waals surface area contributed by atoms with Crippen LogP contribution in [0, 0.1) is 5.92 Å². The number of fused-ring (bicyclic) bond motifs is 1. The Morgan fingerprint density at radius 1 is 1.40 bits per heavy atom. The normalized spacial score (nSPS) is 20.4. The van der Waals surface area contributed by atoms with Crippen LogP contribution in [0.15, 0.2) is 18.2 Å². The molecule has 0 spiro atoms. The van der Waals surface area contributed by atoms with E-state index in [0.29, 0.717) is 24.6 Å². The van der Waals surface area contributed by atoms with E-state index in [0.717, 1.165) is 5.69 Å². The van der Waals surface area contributed by atoms with E-state index in [9.17, 15) is 9.59 Å². The molecule has 1 aromatic carbocycles.